The van der Waals surface area contributed by atoms with Crippen LogP contribution in [-0.4, -0.2) is 24.7 Å². The van der Waals surface area contributed by atoms with Crippen molar-refractivity contribution in [3.05, 3.63) is 29.3 Å². The summed E-state index contributed by atoms with van der Waals surface area (Å²) in [7, 11) is 1.82. The standard InChI is InChI=1S/C14H19NO2/c1-14(2)11-9-10(5-4-8-16)6-7-12(11)15(3)13(14)17/h6-7,9,16H,4-5,8H2,1-3H3. The number of carbonyl (C=O) groups excluding carboxylic acids is 1. The number of aliphatic hydroxyl groups excluding tert-OH is 1. The molecule has 3 heteroatoms. The number of aliphatic hydroxyl groups is 1. The Morgan fingerprint density at radius 2 is 2.06 bits per heavy atom. The first-order valence-corrected chi connectivity index (χ1v) is 6.01. The first-order chi connectivity index (χ1) is 7.98. The van der Waals surface area contributed by atoms with Gasteiger partial charge in [-0.1, -0.05) is 12.1 Å². The van der Waals surface area contributed by atoms with Crippen LogP contribution in [0.15, 0.2) is 18.2 Å². The number of likely N-dealkylation sites (N-methyl/N-ethyl adjacent to an activating group) is 1. The van der Waals surface area contributed by atoms with Crippen molar-refractivity contribution in [1.82, 2.24) is 0 Å². The molecule has 1 aromatic rings. The van der Waals surface area contributed by atoms with Crippen LogP contribution >= 0.6 is 0 Å². The van der Waals surface area contributed by atoms with E-state index in [0.29, 0.717) is 0 Å². The lowest BCUT2D eigenvalue weighted by Crippen LogP contribution is -2.33. The predicted octanol–water partition coefficient (Wildman–Crippen LogP) is 1.87. The molecule has 0 saturated heterocycles. The van der Waals surface area contributed by atoms with Crippen molar-refractivity contribution in [1.29, 1.82) is 0 Å². The van der Waals surface area contributed by atoms with Gasteiger partial charge in [-0.25, -0.2) is 0 Å². The fraction of sp³-hybridized carbons (Fsp3) is 0.500. The zero-order chi connectivity index (χ0) is 12.6. The Hall–Kier alpha value is -1.35. The third kappa shape index (κ3) is 1.84. The lowest BCUT2D eigenvalue weighted by Gasteiger charge is -2.16. The molecule has 0 aromatic heterocycles. The number of nitrogens with zero attached hydrogens (tertiary/aromatic N) is 1. The maximum Gasteiger partial charge on any atom is 0.236 e. The number of anilines is 1. The molecule has 1 amide bonds. The Bertz CT molecular complexity index is 452. The molecule has 0 radical (unpaired) electrons. The highest BCUT2D eigenvalue weighted by molar-refractivity contribution is 6.07. The molecule has 92 valence electrons. The molecule has 3 nitrogen and oxygen atoms in total. The van der Waals surface area contributed by atoms with Crippen LogP contribution in [0.1, 0.15) is 31.4 Å². The van der Waals surface area contributed by atoms with Crippen LogP contribution in [0.3, 0.4) is 0 Å². The van der Waals surface area contributed by atoms with E-state index < -0.39 is 5.41 Å². The monoisotopic (exact) mass is 233 g/mol. The second-order valence-electron chi connectivity index (χ2n) is 5.17. The second-order valence-corrected chi connectivity index (χ2v) is 5.17. The van der Waals surface area contributed by atoms with E-state index in [9.17, 15) is 4.79 Å². The number of rotatable bonds is 3. The maximum atomic E-state index is 12.1. The van der Waals surface area contributed by atoms with Gasteiger partial charge in [-0.3, -0.25) is 4.79 Å². The minimum Gasteiger partial charge on any atom is -0.396 e. The van der Waals surface area contributed by atoms with Crippen molar-refractivity contribution in [2.75, 3.05) is 18.6 Å². The Labute approximate surface area is 102 Å². The van der Waals surface area contributed by atoms with E-state index in [2.05, 4.69) is 6.07 Å². The molecule has 0 unspecified atom stereocenters. The molecule has 1 N–H and O–H groups in total. The topological polar surface area (TPSA) is 40.5 Å². The van der Waals surface area contributed by atoms with Crippen molar-refractivity contribution < 1.29 is 9.90 Å². The van der Waals surface area contributed by atoms with Crippen molar-refractivity contribution in [3.63, 3.8) is 0 Å². The molecule has 1 aliphatic rings. The number of amides is 1. The molecule has 1 aromatic carbocycles. The predicted molar refractivity (Wildman–Crippen MR) is 68.3 cm³/mol. The SMILES string of the molecule is CN1C(=O)C(C)(C)c2cc(CCCO)ccc21. The molecule has 0 aliphatic carbocycles. The van der Waals surface area contributed by atoms with Gasteiger partial charge in [0.25, 0.3) is 0 Å². The zero-order valence-electron chi connectivity index (χ0n) is 10.7. The molecule has 0 fully saturated rings. The van der Waals surface area contributed by atoms with E-state index in [1.807, 2.05) is 33.0 Å². The first kappa shape index (κ1) is 12.1. The molecular formula is C14H19NO2. The number of benzene rings is 1. The number of fused-ring (bicyclic) bond motifs is 1. The van der Waals surface area contributed by atoms with Gasteiger partial charge in [0, 0.05) is 19.3 Å². The van der Waals surface area contributed by atoms with Gasteiger partial charge < -0.3 is 10.0 Å². The van der Waals surface area contributed by atoms with Crippen molar-refractivity contribution in [2.45, 2.75) is 32.1 Å². The lowest BCUT2D eigenvalue weighted by molar-refractivity contribution is -0.121. The van der Waals surface area contributed by atoms with Crippen LogP contribution < -0.4 is 4.90 Å². The van der Waals surface area contributed by atoms with Crippen LogP contribution in [0, 0.1) is 0 Å². The van der Waals surface area contributed by atoms with E-state index in [4.69, 9.17) is 5.11 Å². The molecular weight excluding hydrogens is 214 g/mol. The van der Waals surface area contributed by atoms with Crippen LogP contribution in [0.5, 0.6) is 0 Å². The average molecular weight is 233 g/mol. The summed E-state index contributed by atoms with van der Waals surface area (Å²) in [6, 6.07) is 6.15. The van der Waals surface area contributed by atoms with E-state index in [-0.39, 0.29) is 12.5 Å². The Kier molecular flexibility index (Phi) is 2.96. The van der Waals surface area contributed by atoms with Gasteiger partial charge in [-0.05, 0) is 43.9 Å². The van der Waals surface area contributed by atoms with Gasteiger partial charge in [0.1, 0.15) is 0 Å². The number of hydrogen-bond acceptors (Lipinski definition) is 2. The Morgan fingerprint density at radius 3 is 2.71 bits per heavy atom. The van der Waals surface area contributed by atoms with Gasteiger partial charge in [0.2, 0.25) is 5.91 Å². The maximum absolute atomic E-state index is 12.1. The Balaban J connectivity index is 2.40. The van der Waals surface area contributed by atoms with Crippen LogP contribution in [-0.2, 0) is 16.6 Å². The second kappa shape index (κ2) is 4.15. The van der Waals surface area contributed by atoms with Gasteiger partial charge in [-0.15, -0.1) is 0 Å². The highest BCUT2D eigenvalue weighted by atomic mass is 16.2. The van der Waals surface area contributed by atoms with Gasteiger partial charge in [0.15, 0.2) is 0 Å². The van der Waals surface area contributed by atoms with Crippen LogP contribution in [0.4, 0.5) is 5.69 Å². The third-order valence-electron chi connectivity index (χ3n) is 3.56. The first-order valence-electron chi connectivity index (χ1n) is 6.01. The molecule has 1 heterocycles. The summed E-state index contributed by atoms with van der Waals surface area (Å²) in [5.41, 5.74) is 2.86. The van der Waals surface area contributed by atoms with Gasteiger partial charge >= 0.3 is 0 Å². The van der Waals surface area contributed by atoms with Crippen molar-refractivity contribution in [3.8, 4) is 0 Å². The average Bonchev–Trinajstić information content (AvgIpc) is 2.49. The summed E-state index contributed by atoms with van der Waals surface area (Å²) in [5.74, 6) is 0.145. The van der Waals surface area contributed by atoms with Crippen molar-refractivity contribution in [2.24, 2.45) is 0 Å². The molecule has 17 heavy (non-hydrogen) atoms. The normalized spacial score (nSPS) is 17.4. The summed E-state index contributed by atoms with van der Waals surface area (Å²) in [5, 5.41) is 8.85. The summed E-state index contributed by atoms with van der Waals surface area (Å²) in [6.45, 7) is 4.14. The molecule has 0 saturated carbocycles. The number of hydrogen-bond donors (Lipinski definition) is 1. The molecule has 0 bridgehead atoms. The quantitative estimate of drug-likeness (QED) is 0.865. The minimum absolute atomic E-state index is 0.145. The third-order valence-corrected chi connectivity index (χ3v) is 3.56. The number of aryl methyl sites for hydroxylation is 1. The van der Waals surface area contributed by atoms with E-state index in [1.165, 1.54) is 5.56 Å². The van der Waals surface area contributed by atoms with Crippen molar-refractivity contribution >= 4 is 11.6 Å². The molecule has 0 spiro atoms. The minimum atomic E-state index is -0.431. The number of carbonyl (C=O) groups is 1. The molecule has 1 aliphatic heterocycles. The summed E-state index contributed by atoms with van der Waals surface area (Å²) >= 11 is 0. The van der Waals surface area contributed by atoms with Gasteiger partial charge in [0.05, 0.1) is 5.41 Å². The summed E-state index contributed by atoms with van der Waals surface area (Å²) in [6.07, 6.45) is 1.63. The largest absolute Gasteiger partial charge is 0.396 e. The summed E-state index contributed by atoms with van der Waals surface area (Å²) in [4.78, 5) is 13.8. The fourth-order valence-electron chi connectivity index (χ4n) is 2.46. The van der Waals surface area contributed by atoms with E-state index in [1.54, 1.807) is 4.90 Å². The van der Waals surface area contributed by atoms with E-state index in [0.717, 1.165) is 24.1 Å². The highest BCUT2D eigenvalue weighted by Gasteiger charge is 2.41. The fourth-order valence-corrected chi connectivity index (χ4v) is 2.46. The molecule has 0 atom stereocenters. The zero-order valence-corrected chi connectivity index (χ0v) is 10.7. The lowest BCUT2D eigenvalue weighted by atomic mass is 9.85. The highest BCUT2D eigenvalue weighted by Crippen LogP contribution is 2.41. The smallest absolute Gasteiger partial charge is 0.236 e. The molecule has 2 rings (SSSR count). The van der Waals surface area contributed by atoms with E-state index >= 15 is 0 Å². The summed E-state index contributed by atoms with van der Waals surface area (Å²) < 4.78 is 0. The Morgan fingerprint density at radius 1 is 1.35 bits per heavy atom. The van der Waals surface area contributed by atoms with Crippen LogP contribution in [0.25, 0.3) is 0 Å². The van der Waals surface area contributed by atoms with Gasteiger partial charge in [-0.2, -0.15) is 0 Å². The van der Waals surface area contributed by atoms with Crippen LogP contribution in [0.2, 0.25) is 0 Å².